The van der Waals surface area contributed by atoms with Crippen molar-refractivity contribution in [2.75, 3.05) is 21.3 Å². The monoisotopic (exact) mass is 468 g/mol. The summed E-state index contributed by atoms with van der Waals surface area (Å²) in [5.41, 5.74) is 1.52. The van der Waals surface area contributed by atoms with Gasteiger partial charge in [0.05, 0.1) is 25.2 Å². The van der Waals surface area contributed by atoms with Crippen LogP contribution in [0, 0.1) is 0 Å². The number of ether oxygens (including phenoxy) is 2. The maximum atomic E-state index is 13.3. The van der Waals surface area contributed by atoms with E-state index in [9.17, 15) is 13.2 Å². The quantitative estimate of drug-likeness (QED) is 0.490. The van der Waals surface area contributed by atoms with Gasteiger partial charge in [-0.1, -0.05) is 48.5 Å². The molecular formula is C25H28N2O5S. The van der Waals surface area contributed by atoms with Gasteiger partial charge >= 0.3 is 0 Å². The molecule has 0 spiro atoms. The van der Waals surface area contributed by atoms with Crippen molar-refractivity contribution < 1.29 is 22.7 Å². The van der Waals surface area contributed by atoms with Crippen molar-refractivity contribution in [3.05, 3.63) is 90.0 Å². The normalized spacial score (nSPS) is 12.2. The van der Waals surface area contributed by atoms with Crippen LogP contribution in [0.15, 0.2) is 83.8 Å². The number of rotatable bonds is 10. The van der Waals surface area contributed by atoms with Gasteiger partial charge in [-0.15, -0.1) is 0 Å². The second kappa shape index (κ2) is 11.0. The molecule has 3 aromatic rings. The summed E-state index contributed by atoms with van der Waals surface area (Å²) >= 11 is 0. The summed E-state index contributed by atoms with van der Waals surface area (Å²) in [5, 5.41) is 2.88. The third kappa shape index (κ3) is 5.91. The minimum absolute atomic E-state index is 0.0515. The van der Waals surface area contributed by atoms with Crippen LogP contribution in [0.5, 0.6) is 11.5 Å². The minimum atomic E-state index is -3.82. The van der Waals surface area contributed by atoms with Crippen LogP contribution in [0.2, 0.25) is 0 Å². The summed E-state index contributed by atoms with van der Waals surface area (Å²) in [6.45, 7) is 0.271. The van der Waals surface area contributed by atoms with Crippen molar-refractivity contribution in [2.24, 2.45) is 0 Å². The van der Waals surface area contributed by atoms with E-state index in [4.69, 9.17) is 9.47 Å². The standard InChI is InChI=1S/C25H28N2O5S/c1-27(33(29,30)22-10-5-4-6-11-22)23(19-13-15-21(31-2)16-14-19)17-25(28)26-18-20-9-7-8-12-24(20)32-3/h4-16,23H,17-18H2,1-3H3,(H,26,28)/t23-/m1/s1. The Hall–Kier alpha value is -3.36. The number of nitrogens with zero attached hydrogens (tertiary/aromatic N) is 1. The predicted molar refractivity (Wildman–Crippen MR) is 127 cm³/mol. The first kappa shape index (κ1) is 24.3. The summed E-state index contributed by atoms with van der Waals surface area (Å²) in [4.78, 5) is 13.1. The molecule has 33 heavy (non-hydrogen) atoms. The third-order valence-corrected chi connectivity index (χ3v) is 7.29. The molecule has 1 N–H and O–H groups in total. The lowest BCUT2D eigenvalue weighted by Crippen LogP contribution is -2.35. The van der Waals surface area contributed by atoms with E-state index in [2.05, 4.69) is 5.32 Å². The highest BCUT2D eigenvalue weighted by molar-refractivity contribution is 7.89. The lowest BCUT2D eigenvalue weighted by Gasteiger charge is -2.28. The van der Waals surface area contributed by atoms with E-state index < -0.39 is 16.1 Å². The molecule has 8 heteroatoms. The highest BCUT2D eigenvalue weighted by Crippen LogP contribution is 2.30. The molecule has 0 radical (unpaired) electrons. The molecule has 1 amide bonds. The zero-order valence-corrected chi connectivity index (χ0v) is 19.7. The predicted octanol–water partition coefficient (Wildman–Crippen LogP) is 3.77. The molecule has 3 aromatic carbocycles. The first-order chi connectivity index (χ1) is 15.9. The highest BCUT2D eigenvalue weighted by atomic mass is 32.2. The number of sulfonamides is 1. The number of methoxy groups -OCH3 is 2. The van der Waals surface area contributed by atoms with Crippen molar-refractivity contribution in [1.29, 1.82) is 0 Å². The van der Waals surface area contributed by atoms with Crippen LogP contribution in [0.1, 0.15) is 23.6 Å². The van der Waals surface area contributed by atoms with E-state index in [-0.39, 0.29) is 23.8 Å². The number of carbonyl (C=O) groups is 1. The topological polar surface area (TPSA) is 84.9 Å². The van der Waals surface area contributed by atoms with Crippen molar-refractivity contribution in [3.63, 3.8) is 0 Å². The molecule has 0 fully saturated rings. The molecule has 0 saturated carbocycles. The maximum absolute atomic E-state index is 13.3. The summed E-state index contributed by atoms with van der Waals surface area (Å²) in [5.74, 6) is 1.04. The number of benzene rings is 3. The Kier molecular flexibility index (Phi) is 8.08. The van der Waals surface area contributed by atoms with Gasteiger partial charge in [-0.25, -0.2) is 8.42 Å². The largest absolute Gasteiger partial charge is 0.497 e. The lowest BCUT2D eigenvalue weighted by atomic mass is 10.0. The maximum Gasteiger partial charge on any atom is 0.243 e. The minimum Gasteiger partial charge on any atom is -0.497 e. The smallest absolute Gasteiger partial charge is 0.243 e. The molecule has 0 aliphatic heterocycles. The van der Waals surface area contributed by atoms with Gasteiger partial charge < -0.3 is 14.8 Å². The average Bonchev–Trinajstić information content (AvgIpc) is 2.86. The Balaban J connectivity index is 1.84. The molecule has 0 saturated heterocycles. The Morgan fingerprint density at radius 3 is 2.18 bits per heavy atom. The van der Waals surface area contributed by atoms with Gasteiger partial charge in [-0.2, -0.15) is 4.31 Å². The molecular weight excluding hydrogens is 440 g/mol. The zero-order valence-electron chi connectivity index (χ0n) is 18.9. The molecule has 3 rings (SSSR count). The van der Waals surface area contributed by atoms with Gasteiger partial charge in [0, 0.05) is 25.6 Å². The first-order valence-electron chi connectivity index (χ1n) is 10.4. The molecule has 0 aromatic heterocycles. The number of para-hydroxylation sites is 1. The third-order valence-electron chi connectivity index (χ3n) is 5.41. The molecule has 0 unspecified atom stereocenters. The van der Waals surface area contributed by atoms with Gasteiger partial charge in [0.15, 0.2) is 0 Å². The van der Waals surface area contributed by atoms with Gasteiger partial charge in [0.1, 0.15) is 11.5 Å². The van der Waals surface area contributed by atoms with Gasteiger partial charge in [-0.3, -0.25) is 4.79 Å². The molecule has 0 heterocycles. The van der Waals surface area contributed by atoms with E-state index in [1.54, 1.807) is 68.8 Å². The van der Waals surface area contributed by atoms with Crippen LogP contribution in [0.3, 0.4) is 0 Å². The van der Waals surface area contributed by atoms with E-state index in [1.165, 1.54) is 11.4 Å². The second-order valence-corrected chi connectivity index (χ2v) is 9.41. The number of nitrogens with one attached hydrogen (secondary N) is 1. The van der Waals surface area contributed by atoms with Crippen molar-refractivity contribution in [3.8, 4) is 11.5 Å². The Bertz CT molecular complexity index is 1160. The lowest BCUT2D eigenvalue weighted by molar-refractivity contribution is -0.122. The fourth-order valence-electron chi connectivity index (χ4n) is 3.50. The van der Waals surface area contributed by atoms with Crippen LogP contribution in [-0.2, 0) is 21.4 Å². The van der Waals surface area contributed by atoms with Crippen molar-refractivity contribution >= 4 is 15.9 Å². The number of carbonyl (C=O) groups excluding carboxylic acids is 1. The van der Waals surface area contributed by atoms with Crippen LogP contribution in [0.25, 0.3) is 0 Å². The summed E-state index contributed by atoms with van der Waals surface area (Å²) < 4.78 is 38.3. The van der Waals surface area contributed by atoms with Crippen LogP contribution in [-0.4, -0.2) is 39.9 Å². The molecule has 7 nitrogen and oxygen atoms in total. The summed E-state index contributed by atoms with van der Waals surface area (Å²) in [6, 6.07) is 21.9. The van der Waals surface area contributed by atoms with E-state index in [1.807, 2.05) is 24.3 Å². The highest BCUT2D eigenvalue weighted by Gasteiger charge is 2.30. The van der Waals surface area contributed by atoms with Crippen molar-refractivity contribution in [1.82, 2.24) is 9.62 Å². The molecule has 0 aliphatic carbocycles. The van der Waals surface area contributed by atoms with Crippen LogP contribution >= 0.6 is 0 Å². The summed E-state index contributed by atoms with van der Waals surface area (Å²) in [7, 11) is 0.800. The van der Waals surface area contributed by atoms with Crippen LogP contribution < -0.4 is 14.8 Å². The number of hydrogen-bond donors (Lipinski definition) is 1. The molecule has 0 bridgehead atoms. The van der Waals surface area contributed by atoms with Crippen molar-refractivity contribution in [2.45, 2.75) is 23.9 Å². The number of amides is 1. The van der Waals surface area contributed by atoms with Crippen LogP contribution in [0.4, 0.5) is 0 Å². The first-order valence-corrected chi connectivity index (χ1v) is 11.9. The van der Waals surface area contributed by atoms with Gasteiger partial charge in [0.25, 0.3) is 0 Å². The Labute approximate surface area is 195 Å². The molecule has 1 atom stereocenters. The van der Waals surface area contributed by atoms with E-state index >= 15 is 0 Å². The summed E-state index contributed by atoms with van der Waals surface area (Å²) in [6.07, 6.45) is -0.0515. The number of hydrogen-bond acceptors (Lipinski definition) is 5. The van der Waals surface area contributed by atoms with E-state index in [0.717, 1.165) is 5.56 Å². The van der Waals surface area contributed by atoms with Gasteiger partial charge in [0.2, 0.25) is 15.9 Å². The Morgan fingerprint density at radius 1 is 0.909 bits per heavy atom. The fourth-order valence-corrected chi connectivity index (χ4v) is 4.86. The fraction of sp³-hybridized carbons (Fsp3) is 0.240. The SMILES string of the molecule is COc1ccc([C@@H](CC(=O)NCc2ccccc2OC)N(C)S(=O)(=O)c2ccccc2)cc1. The average molecular weight is 469 g/mol. The molecule has 174 valence electrons. The second-order valence-electron chi connectivity index (χ2n) is 7.42. The van der Waals surface area contributed by atoms with E-state index in [0.29, 0.717) is 17.1 Å². The molecule has 0 aliphatic rings. The zero-order chi connectivity index (χ0) is 23.8. The van der Waals surface area contributed by atoms with Gasteiger partial charge in [-0.05, 0) is 35.9 Å². The Morgan fingerprint density at radius 2 is 1.55 bits per heavy atom.